The summed E-state index contributed by atoms with van der Waals surface area (Å²) in [4.78, 5) is 0. The van der Waals surface area contributed by atoms with E-state index in [4.69, 9.17) is 5.73 Å². The Hall–Kier alpha value is -1.76. The van der Waals surface area contributed by atoms with Crippen LogP contribution in [-0.4, -0.2) is 0 Å². The van der Waals surface area contributed by atoms with E-state index < -0.39 is 0 Å². The van der Waals surface area contributed by atoms with Crippen LogP contribution in [0.25, 0.3) is 0 Å². The third kappa shape index (κ3) is 4.31. The molecule has 2 rings (SSSR count). The molecule has 0 aliphatic heterocycles. The first-order chi connectivity index (χ1) is 6.79. The monoisotopic (exact) mass is 185 g/mol. The van der Waals surface area contributed by atoms with E-state index in [1.807, 2.05) is 67.6 Å². The van der Waals surface area contributed by atoms with Crippen LogP contribution in [0, 0.1) is 6.92 Å². The number of nitrogen functional groups attached to an aromatic ring is 1. The molecule has 2 aromatic carbocycles. The Labute approximate surface area is 85.2 Å². The molecule has 14 heavy (non-hydrogen) atoms. The van der Waals surface area contributed by atoms with E-state index in [1.54, 1.807) is 0 Å². The highest BCUT2D eigenvalue weighted by Gasteiger charge is 1.80. The van der Waals surface area contributed by atoms with Gasteiger partial charge in [-0.05, 0) is 19.1 Å². The third-order valence-corrected chi connectivity index (χ3v) is 1.74. The Kier molecular flexibility index (Phi) is 4.29. The van der Waals surface area contributed by atoms with Crippen LogP contribution in [0.2, 0.25) is 0 Å². The van der Waals surface area contributed by atoms with E-state index in [0.717, 1.165) is 5.69 Å². The topological polar surface area (TPSA) is 26.0 Å². The van der Waals surface area contributed by atoms with Gasteiger partial charge in [-0.2, -0.15) is 0 Å². The highest BCUT2D eigenvalue weighted by molar-refractivity contribution is 5.38. The highest BCUT2D eigenvalue weighted by atomic mass is 14.5. The molecule has 0 unspecified atom stereocenters. The number of aryl methyl sites for hydroxylation is 1. The second-order valence-electron chi connectivity index (χ2n) is 3.07. The van der Waals surface area contributed by atoms with Crippen LogP contribution in [0.3, 0.4) is 0 Å². The van der Waals surface area contributed by atoms with E-state index in [-0.39, 0.29) is 0 Å². The van der Waals surface area contributed by atoms with E-state index in [0.29, 0.717) is 0 Å². The molecule has 2 N–H and O–H groups in total. The zero-order valence-electron chi connectivity index (χ0n) is 8.35. The standard InChI is InChI=1S/C7H9N.C6H6/c1-6-2-4-7(8)5-3-6;1-2-4-6-5-3-1/h2-5H,8H2,1H3;1-6H. The zero-order chi connectivity index (χ0) is 10.2. The lowest BCUT2D eigenvalue weighted by Gasteiger charge is -1.90. The van der Waals surface area contributed by atoms with Gasteiger partial charge in [0.2, 0.25) is 0 Å². The molecule has 0 saturated heterocycles. The predicted octanol–water partition coefficient (Wildman–Crippen LogP) is 3.26. The molecule has 0 fully saturated rings. The lowest BCUT2D eigenvalue weighted by molar-refractivity contribution is 1.47. The summed E-state index contributed by atoms with van der Waals surface area (Å²) in [6, 6.07) is 19.8. The third-order valence-electron chi connectivity index (χ3n) is 1.74. The van der Waals surface area contributed by atoms with E-state index in [9.17, 15) is 0 Å². The normalized spacial score (nSPS) is 8.64. The molecule has 0 aromatic heterocycles. The Bertz CT molecular complexity index is 290. The second-order valence-corrected chi connectivity index (χ2v) is 3.07. The average molecular weight is 185 g/mol. The van der Waals surface area contributed by atoms with Gasteiger partial charge in [-0.25, -0.2) is 0 Å². The smallest absolute Gasteiger partial charge is 0.0314 e. The molecular formula is C13H15N. The number of hydrogen-bond acceptors (Lipinski definition) is 1. The lowest BCUT2D eigenvalue weighted by Crippen LogP contribution is -1.81. The highest BCUT2D eigenvalue weighted by Crippen LogP contribution is 2.02. The zero-order valence-corrected chi connectivity index (χ0v) is 8.35. The van der Waals surface area contributed by atoms with Crippen LogP contribution in [-0.2, 0) is 0 Å². The van der Waals surface area contributed by atoms with Gasteiger partial charge in [0.05, 0.1) is 0 Å². The SMILES string of the molecule is Cc1ccc(N)cc1.c1ccccc1. The van der Waals surface area contributed by atoms with Gasteiger partial charge >= 0.3 is 0 Å². The first-order valence-corrected chi connectivity index (χ1v) is 4.61. The maximum Gasteiger partial charge on any atom is 0.0314 e. The van der Waals surface area contributed by atoms with Crippen LogP contribution >= 0.6 is 0 Å². The summed E-state index contributed by atoms with van der Waals surface area (Å²) < 4.78 is 0. The Morgan fingerprint density at radius 1 is 0.714 bits per heavy atom. The van der Waals surface area contributed by atoms with Crippen molar-refractivity contribution in [2.75, 3.05) is 5.73 Å². The largest absolute Gasteiger partial charge is 0.399 e. The molecule has 0 aliphatic rings. The van der Waals surface area contributed by atoms with Crippen LogP contribution in [0.15, 0.2) is 60.7 Å². The van der Waals surface area contributed by atoms with Crippen LogP contribution in [0.5, 0.6) is 0 Å². The average Bonchev–Trinajstić information content (AvgIpc) is 2.26. The summed E-state index contributed by atoms with van der Waals surface area (Å²) in [5.41, 5.74) is 7.51. The van der Waals surface area contributed by atoms with Crippen molar-refractivity contribution in [2.24, 2.45) is 0 Å². The molecule has 0 bridgehead atoms. The summed E-state index contributed by atoms with van der Waals surface area (Å²) in [6.45, 7) is 2.04. The van der Waals surface area contributed by atoms with Crippen molar-refractivity contribution in [2.45, 2.75) is 6.92 Å². The minimum absolute atomic E-state index is 0.829. The fraction of sp³-hybridized carbons (Fsp3) is 0.0769. The Morgan fingerprint density at radius 2 is 1.07 bits per heavy atom. The van der Waals surface area contributed by atoms with E-state index >= 15 is 0 Å². The van der Waals surface area contributed by atoms with Gasteiger partial charge < -0.3 is 5.73 Å². The van der Waals surface area contributed by atoms with Crippen LogP contribution < -0.4 is 5.73 Å². The van der Waals surface area contributed by atoms with Gasteiger partial charge in [0.15, 0.2) is 0 Å². The van der Waals surface area contributed by atoms with Gasteiger partial charge in [0.1, 0.15) is 0 Å². The van der Waals surface area contributed by atoms with Crippen molar-refractivity contribution in [1.29, 1.82) is 0 Å². The van der Waals surface area contributed by atoms with Gasteiger partial charge in [-0.3, -0.25) is 0 Å². The molecule has 0 spiro atoms. The first-order valence-electron chi connectivity index (χ1n) is 4.61. The summed E-state index contributed by atoms with van der Waals surface area (Å²) in [6.07, 6.45) is 0. The van der Waals surface area contributed by atoms with Crippen molar-refractivity contribution in [3.05, 3.63) is 66.2 Å². The van der Waals surface area contributed by atoms with Gasteiger partial charge in [0, 0.05) is 5.69 Å². The number of nitrogens with two attached hydrogens (primary N) is 1. The second kappa shape index (κ2) is 5.81. The van der Waals surface area contributed by atoms with Crippen molar-refractivity contribution in [1.82, 2.24) is 0 Å². The maximum atomic E-state index is 5.43. The molecule has 0 radical (unpaired) electrons. The molecule has 0 amide bonds. The summed E-state index contributed by atoms with van der Waals surface area (Å²) >= 11 is 0. The van der Waals surface area contributed by atoms with Crippen molar-refractivity contribution in [3.8, 4) is 0 Å². The van der Waals surface area contributed by atoms with Crippen molar-refractivity contribution < 1.29 is 0 Å². The molecule has 2 aromatic rings. The fourth-order valence-electron chi connectivity index (χ4n) is 0.951. The van der Waals surface area contributed by atoms with E-state index in [2.05, 4.69) is 0 Å². The quantitative estimate of drug-likeness (QED) is 0.626. The number of hydrogen-bond donors (Lipinski definition) is 1. The van der Waals surface area contributed by atoms with Gasteiger partial charge in [-0.1, -0.05) is 54.1 Å². The number of anilines is 1. The van der Waals surface area contributed by atoms with Crippen molar-refractivity contribution >= 4 is 5.69 Å². The van der Waals surface area contributed by atoms with Gasteiger partial charge in [0.25, 0.3) is 0 Å². The molecule has 1 heteroatoms. The fourth-order valence-corrected chi connectivity index (χ4v) is 0.951. The van der Waals surface area contributed by atoms with E-state index in [1.165, 1.54) is 5.56 Å². The predicted molar refractivity (Wildman–Crippen MR) is 62.0 cm³/mol. The number of benzene rings is 2. The summed E-state index contributed by atoms with van der Waals surface area (Å²) in [5, 5.41) is 0. The maximum absolute atomic E-state index is 5.43. The molecule has 0 heterocycles. The lowest BCUT2D eigenvalue weighted by atomic mass is 10.2. The molecule has 0 atom stereocenters. The summed E-state index contributed by atoms with van der Waals surface area (Å²) in [7, 11) is 0. The molecule has 72 valence electrons. The Morgan fingerprint density at radius 3 is 1.36 bits per heavy atom. The first kappa shape index (κ1) is 10.3. The Balaban J connectivity index is 0.000000146. The number of rotatable bonds is 0. The molecule has 0 aliphatic carbocycles. The molecular weight excluding hydrogens is 170 g/mol. The summed E-state index contributed by atoms with van der Waals surface area (Å²) in [5.74, 6) is 0. The van der Waals surface area contributed by atoms with Crippen molar-refractivity contribution in [3.63, 3.8) is 0 Å². The minimum atomic E-state index is 0.829. The molecule has 0 saturated carbocycles. The van der Waals surface area contributed by atoms with Crippen LogP contribution in [0.1, 0.15) is 5.56 Å². The van der Waals surface area contributed by atoms with Gasteiger partial charge in [-0.15, -0.1) is 0 Å². The minimum Gasteiger partial charge on any atom is -0.399 e. The molecule has 1 nitrogen and oxygen atoms in total. The van der Waals surface area contributed by atoms with Crippen LogP contribution in [0.4, 0.5) is 5.69 Å².